The summed E-state index contributed by atoms with van der Waals surface area (Å²) in [5.74, 6) is -1.01. The Kier molecular flexibility index (Phi) is 3.33. The van der Waals surface area contributed by atoms with Crippen LogP contribution in [0.3, 0.4) is 0 Å². The Balaban J connectivity index is 2.24. The molecule has 0 fully saturated rings. The number of aromatic nitrogens is 2. The van der Waals surface area contributed by atoms with Crippen LogP contribution < -0.4 is 4.74 Å². The predicted octanol–water partition coefficient (Wildman–Crippen LogP) is 2.97. The quantitative estimate of drug-likeness (QED) is 0.632. The van der Waals surface area contributed by atoms with Crippen molar-refractivity contribution in [2.75, 3.05) is 0 Å². The SMILES string of the molecule is O=[N+]([O-])c1ccc(Oc2ccc(Cl)nn2)c(F)c1. The average molecular weight is 270 g/mol. The lowest BCUT2D eigenvalue weighted by Crippen LogP contribution is -1.94. The van der Waals surface area contributed by atoms with Gasteiger partial charge >= 0.3 is 0 Å². The Morgan fingerprint density at radius 3 is 2.61 bits per heavy atom. The summed E-state index contributed by atoms with van der Waals surface area (Å²) in [6.07, 6.45) is 0. The lowest BCUT2D eigenvalue weighted by Gasteiger charge is -2.04. The number of ether oxygens (including phenoxy) is 1. The third-order valence-corrected chi connectivity index (χ3v) is 2.15. The first-order chi connectivity index (χ1) is 8.56. The number of hydrogen-bond acceptors (Lipinski definition) is 5. The van der Waals surface area contributed by atoms with Gasteiger partial charge in [0.2, 0.25) is 5.88 Å². The largest absolute Gasteiger partial charge is 0.434 e. The Hall–Kier alpha value is -2.28. The summed E-state index contributed by atoms with van der Waals surface area (Å²) in [4.78, 5) is 9.72. The zero-order valence-electron chi connectivity index (χ0n) is 8.71. The molecule has 0 unspecified atom stereocenters. The Morgan fingerprint density at radius 2 is 2.06 bits per heavy atom. The third kappa shape index (κ3) is 2.69. The van der Waals surface area contributed by atoms with Gasteiger partial charge < -0.3 is 4.74 Å². The molecule has 1 heterocycles. The van der Waals surface area contributed by atoms with Crippen molar-refractivity contribution in [2.45, 2.75) is 0 Å². The van der Waals surface area contributed by atoms with Crippen molar-refractivity contribution in [3.8, 4) is 11.6 Å². The molecule has 0 saturated heterocycles. The first kappa shape index (κ1) is 12.2. The Morgan fingerprint density at radius 1 is 1.28 bits per heavy atom. The fourth-order valence-corrected chi connectivity index (χ4v) is 1.26. The lowest BCUT2D eigenvalue weighted by atomic mass is 10.3. The van der Waals surface area contributed by atoms with E-state index in [1.165, 1.54) is 12.1 Å². The number of benzene rings is 1. The molecule has 0 N–H and O–H groups in total. The molecule has 2 rings (SSSR count). The van der Waals surface area contributed by atoms with Gasteiger partial charge in [-0.15, -0.1) is 10.2 Å². The second-order valence-corrected chi connectivity index (χ2v) is 3.56. The van der Waals surface area contributed by atoms with Gasteiger partial charge in [-0.3, -0.25) is 10.1 Å². The molecule has 0 aliphatic heterocycles. The maximum absolute atomic E-state index is 13.5. The first-order valence-electron chi connectivity index (χ1n) is 4.67. The van der Waals surface area contributed by atoms with Crippen LogP contribution >= 0.6 is 11.6 Å². The van der Waals surface area contributed by atoms with E-state index in [4.69, 9.17) is 16.3 Å². The molecule has 6 nitrogen and oxygen atoms in total. The summed E-state index contributed by atoms with van der Waals surface area (Å²) < 4.78 is 18.5. The summed E-state index contributed by atoms with van der Waals surface area (Å²) in [5.41, 5.74) is -0.359. The standard InChI is InChI=1S/C10H5ClFN3O3/c11-9-3-4-10(14-13-9)18-8-2-1-6(15(16)17)5-7(8)12/h1-5H. The van der Waals surface area contributed by atoms with Gasteiger partial charge in [0.1, 0.15) is 0 Å². The van der Waals surface area contributed by atoms with Crippen molar-refractivity contribution >= 4 is 17.3 Å². The third-order valence-electron chi connectivity index (χ3n) is 1.95. The number of rotatable bonds is 3. The second-order valence-electron chi connectivity index (χ2n) is 3.17. The highest BCUT2D eigenvalue weighted by molar-refractivity contribution is 6.29. The van der Waals surface area contributed by atoms with Crippen LogP contribution in [-0.2, 0) is 0 Å². The van der Waals surface area contributed by atoms with Gasteiger partial charge in [-0.1, -0.05) is 11.6 Å². The molecule has 18 heavy (non-hydrogen) atoms. The summed E-state index contributed by atoms with van der Waals surface area (Å²) in [7, 11) is 0. The minimum Gasteiger partial charge on any atom is -0.434 e. The van der Waals surface area contributed by atoms with Crippen LogP contribution in [0.4, 0.5) is 10.1 Å². The molecule has 1 aromatic carbocycles. The highest BCUT2D eigenvalue weighted by Crippen LogP contribution is 2.26. The smallest absolute Gasteiger partial charge is 0.272 e. The molecule has 0 saturated carbocycles. The van der Waals surface area contributed by atoms with Crippen LogP contribution in [0.15, 0.2) is 30.3 Å². The van der Waals surface area contributed by atoms with Crippen LogP contribution in [-0.4, -0.2) is 15.1 Å². The van der Waals surface area contributed by atoms with Gasteiger partial charge in [-0.05, 0) is 12.1 Å². The minimum absolute atomic E-state index is 0.0344. The molecule has 92 valence electrons. The molecule has 0 amide bonds. The van der Waals surface area contributed by atoms with Crippen molar-refractivity contribution in [3.63, 3.8) is 0 Å². The molecule has 0 aliphatic rings. The monoisotopic (exact) mass is 269 g/mol. The van der Waals surface area contributed by atoms with Crippen molar-refractivity contribution in [3.05, 3.63) is 51.4 Å². The highest BCUT2D eigenvalue weighted by Gasteiger charge is 2.12. The Bertz CT molecular complexity index is 591. The van der Waals surface area contributed by atoms with E-state index in [-0.39, 0.29) is 22.5 Å². The van der Waals surface area contributed by atoms with E-state index in [1.807, 2.05) is 0 Å². The van der Waals surface area contributed by atoms with Crippen molar-refractivity contribution in [1.82, 2.24) is 10.2 Å². The molecule has 8 heteroatoms. The van der Waals surface area contributed by atoms with Gasteiger partial charge in [0.25, 0.3) is 5.69 Å². The summed E-state index contributed by atoms with van der Waals surface area (Å²) >= 11 is 5.52. The second kappa shape index (κ2) is 4.92. The van der Waals surface area contributed by atoms with Gasteiger partial charge in [-0.2, -0.15) is 0 Å². The van der Waals surface area contributed by atoms with Crippen molar-refractivity contribution in [2.24, 2.45) is 0 Å². The topological polar surface area (TPSA) is 78.2 Å². The number of non-ortho nitro benzene ring substituents is 1. The molecule has 1 aromatic heterocycles. The molecular weight excluding hydrogens is 265 g/mol. The average Bonchev–Trinajstić information content (AvgIpc) is 2.34. The molecule has 0 spiro atoms. The number of hydrogen-bond donors (Lipinski definition) is 0. The number of nitro benzene ring substituents is 1. The summed E-state index contributed by atoms with van der Waals surface area (Å²) in [6, 6.07) is 5.85. The maximum Gasteiger partial charge on any atom is 0.272 e. The minimum atomic E-state index is -0.860. The van der Waals surface area contributed by atoms with Crippen LogP contribution in [0, 0.1) is 15.9 Å². The number of nitro groups is 1. The molecule has 0 atom stereocenters. The molecule has 0 bridgehead atoms. The van der Waals surface area contributed by atoms with E-state index in [1.54, 1.807) is 0 Å². The van der Waals surface area contributed by atoms with E-state index in [0.29, 0.717) is 0 Å². The molecular formula is C10H5ClFN3O3. The molecule has 0 aliphatic carbocycles. The zero-order chi connectivity index (χ0) is 13.1. The summed E-state index contributed by atoms with van der Waals surface area (Å²) in [6.45, 7) is 0. The van der Waals surface area contributed by atoms with Gasteiger partial charge in [0.05, 0.1) is 11.0 Å². The van der Waals surface area contributed by atoms with Gasteiger partial charge in [0.15, 0.2) is 16.7 Å². The van der Waals surface area contributed by atoms with Gasteiger partial charge in [0, 0.05) is 12.1 Å². The van der Waals surface area contributed by atoms with Crippen molar-refractivity contribution in [1.29, 1.82) is 0 Å². The fourth-order valence-electron chi connectivity index (χ4n) is 1.16. The first-order valence-corrected chi connectivity index (χ1v) is 5.05. The normalized spacial score (nSPS) is 10.1. The van der Waals surface area contributed by atoms with Crippen LogP contribution in [0.2, 0.25) is 5.15 Å². The van der Waals surface area contributed by atoms with E-state index in [9.17, 15) is 14.5 Å². The van der Waals surface area contributed by atoms with Crippen LogP contribution in [0.25, 0.3) is 0 Å². The molecule has 0 radical (unpaired) electrons. The van der Waals surface area contributed by atoms with Gasteiger partial charge in [-0.25, -0.2) is 4.39 Å². The van der Waals surface area contributed by atoms with E-state index >= 15 is 0 Å². The Labute approximate surface area is 105 Å². The predicted molar refractivity (Wildman–Crippen MR) is 60.2 cm³/mol. The highest BCUT2D eigenvalue weighted by atomic mass is 35.5. The number of nitrogens with zero attached hydrogens (tertiary/aromatic N) is 3. The van der Waals surface area contributed by atoms with E-state index < -0.39 is 10.7 Å². The lowest BCUT2D eigenvalue weighted by molar-refractivity contribution is -0.385. The number of halogens is 2. The van der Waals surface area contributed by atoms with E-state index in [2.05, 4.69) is 10.2 Å². The van der Waals surface area contributed by atoms with Crippen LogP contribution in [0.1, 0.15) is 0 Å². The molecule has 2 aromatic rings. The maximum atomic E-state index is 13.5. The fraction of sp³-hybridized carbons (Fsp3) is 0. The van der Waals surface area contributed by atoms with Crippen LogP contribution in [0.5, 0.6) is 11.6 Å². The van der Waals surface area contributed by atoms with Crippen molar-refractivity contribution < 1.29 is 14.1 Å². The zero-order valence-corrected chi connectivity index (χ0v) is 9.46. The van der Waals surface area contributed by atoms with E-state index in [0.717, 1.165) is 18.2 Å². The summed E-state index contributed by atoms with van der Waals surface area (Å²) in [5, 5.41) is 17.7.